The first-order chi connectivity index (χ1) is 11.5. The van der Waals surface area contributed by atoms with E-state index in [1.54, 1.807) is 16.1 Å². The van der Waals surface area contributed by atoms with Crippen molar-refractivity contribution >= 4 is 27.7 Å². The van der Waals surface area contributed by atoms with Crippen molar-refractivity contribution in [3.63, 3.8) is 0 Å². The van der Waals surface area contributed by atoms with Gasteiger partial charge in [-0.25, -0.2) is 12.7 Å². The molecular weight excluding hydrogens is 344 g/mol. The zero-order valence-corrected chi connectivity index (χ0v) is 15.5. The molecule has 0 unspecified atom stereocenters. The predicted molar refractivity (Wildman–Crippen MR) is 96.8 cm³/mol. The number of nitrogens with zero attached hydrogens (tertiary/aromatic N) is 1. The van der Waals surface area contributed by atoms with Gasteiger partial charge >= 0.3 is 0 Å². The normalized spacial score (nSPS) is 20.0. The molecule has 1 heterocycles. The molecule has 0 aromatic heterocycles. The fourth-order valence-electron chi connectivity index (χ4n) is 3.11. The number of rotatable bonds is 6. The summed E-state index contributed by atoms with van der Waals surface area (Å²) in [6.45, 7) is 1.78. The van der Waals surface area contributed by atoms with E-state index in [0.29, 0.717) is 31.1 Å². The molecule has 24 heavy (non-hydrogen) atoms. The number of hydrogen-bond acceptors (Lipinski definition) is 4. The second-order valence-electron chi connectivity index (χ2n) is 6.50. The van der Waals surface area contributed by atoms with Gasteiger partial charge in [0, 0.05) is 24.5 Å². The van der Waals surface area contributed by atoms with Crippen LogP contribution in [-0.4, -0.2) is 49.8 Å². The number of carbonyl (C=O) groups is 1. The van der Waals surface area contributed by atoms with Crippen molar-refractivity contribution in [2.75, 3.05) is 25.9 Å². The Hall–Kier alpha value is -1.05. The lowest BCUT2D eigenvalue weighted by atomic mass is 9.98. The highest BCUT2D eigenvalue weighted by atomic mass is 32.2. The van der Waals surface area contributed by atoms with Crippen LogP contribution < -0.4 is 5.32 Å². The first-order valence-electron chi connectivity index (χ1n) is 8.42. The summed E-state index contributed by atoms with van der Waals surface area (Å²) in [5.41, 5.74) is 0.707. The van der Waals surface area contributed by atoms with Crippen LogP contribution in [0.25, 0.3) is 0 Å². The second kappa shape index (κ2) is 7.45. The quantitative estimate of drug-likeness (QED) is 0.783. The summed E-state index contributed by atoms with van der Waals surface area (Å²) in [6.07, 6.45) is 5.22. The molecule has 0 radical (unpaired) electrons. The van der Waals surface area contributed by atoms with E-state index in [1.807, 2.05) is 30.5 Å². The van der Waals surface area contributed by atoms with Gasteiger partial charge in [-0.05, 0) is 50.0 Å². The summed E-state index contributed by atoms with van der Waals surface area (Å²) in [4.78, 5) is 13.3. The largest absolute Gasteiger partial charge is 0.352 e. The van der Waals surface area contributed by atoms with E-state index in [9.17, 15) is 13.2 Å². The lowest BCUT2D eigenvalue weighted by Gasteiger charge is -2.31. The number of amides is 1. The number of sulfonamides is 1. The zero-order chi connectivity index (χ0) is 17.2. The highest BCUT2D eigenvalue weighted by Gasteiger charge is 2.41. The molecule has 1 aromatic carbocycles. The van der Waals surface area contributed by atoms with Crippen LogP contribution in [0.3, 0.4) is 0 Å². The van der Waals surface area contributed by atoms with E-state index >= 15 is 0 Å². The summed E-state index contributed by atoms with van der Waals surface area (Å²) in [5.74, 6) is 0.300. The van der Waals surface area contributed by atoms with Crippen molar-refractivity contribution in [1.29, 1.82) is 0 Å². The van der Waals surface area contributed by atoms with Crippen LogP contribution in [0.4, 0.5) is 0 Å². The minimum absolute atomic E-state index is 0.0482. The van der Waals surface area contributed by atoms with Gasteiger partial charge in [0.2, 0.25) is 10.0 Å². The summed E-state index contributed by atoms with van der Waals surface area (Å²) in [5, 5.41) is 2.88. The molecule has 5 nitrogen and oxygen atoms in total. The average molecular weight is 369 g/mol. The van der Waals surface area contributed by atoms with Gasteiger partial charge in [0.1, 0.15) is 0 Å². The minimum atomic E-state index is -3.05. The van der Waals surface area contributed by atoms with E-state index in [0.717, 1.165) is 30.6 Å². The van der Waals surface area contributed by atoms with Gasteiger partial charge in [-0.2, -0.15) is 0 Å². The molecule has 1 saturated carbocycles. The van der Waals surface area contributed by atoms with Gasteiger partial charge in [-0.3, -0.25) is 4.79 Å². The summed E-state index contributed by atoms with van der Waals surface area (Å²) < 4.78 is 26.1. The summed E-state index contributed by atoms with van der Waals surface area (Å²) in [7, 11) is -3.05. The van der Waals surface area contributed by atoms with Gasteiger partial charge in [-0.15, -0.1) is 11.8 Å². The van der Waals surface area contributed by atoms with Crippen molar-refractivity contribution in [1.82, 2.24) is 9.62 Å². The van der Waals surface area contributed by atoms with Crippen molar-refractivity contribution in [3.05, 3.63) is 29.8 Å². The van der Waals surface area contributed by atoms with Crippen molar-refractivity contribution < 1.29 is 13.2 Å². The summed E-state index contributed by atoms with van der Waals surface area (Å²) >= 11 is 1.56. The van der Waals surface area contributed by atoms with Crippen molar-refractivity contribution in [3.8, 4) is 0 Å². The third-order valence-electron chi connectivity index (χ3n) is 4.78. The molecule has 3 rings (SSSR count). The third-order valence-corrected chi connectivity index (χ3v) is 7.98. The molecule has 1 amide bonds. The van der Waals surface area contributed by atoms with Crippen molar-refractivity contribution in [2.24, 2.45) is 5.92 Å². The van der Waals surface area contributed by atoms with Gasteiger partial charge < -0.3 is 5.32 Å². The van der Waals surface area contributed by atoms with E-state index < -0.39 is 10.0 Å². The van der Waals surface area contributed by atoms with Crippen molar-refractivity contribution in [2.45, 2.75) is 35.8 Å². The van der Waals surface area contributed by atoms with Crippen LogP contribution in [0.1, 0.15) is 36.0 Å². The van der Waals surface area contributed by atoms with Crippen LogP contribution >= 0.6 is 11.8 Å². The van der Waals surface area contributed by atoms with Crippen LogP contribution in [-0.2, 0) is 10.0 Å². The Kier molecular flexibility index (Phi) is 5.52. The lowest BCUT2D eigenvalue weighted by molar-refractivity contribution is 0.0938. The molecule has 1 aromatic rings. The number of piperidine rings is 1. The number of hydrogen-bond donors (Lipinski definition) is 1. The average Bonchev–Trinajstić information content (AvgIpc) is 3.45. The van der Waals surface area contributed by atoms with Gasteiger partial charge in [-0.1, -0.05) is 12.1 Å². The molecule has 1 N–H and O–H groups in total. The van der Waals surface area contributed by atoms with E-state index in [4.69, 9.17) is 0 Å². The lowest BCUT2D eigenvalue weighted by Crippen LogP contribution is -2.42. The predicted octanol–water partition coefficient (Wildman–Crippen LogP) is 2.34. The molecule has 0 atom stereocenters. The Morgan fingerprint density at radius 3 is 2.50 bits per heavy atom. The highest BCUT2D eigenvalue weighted by Crippen LogP contribution is 2.33. The van der Waals surface area contributed by atoms with Gasteiger partial charge in [0.05, 0.1) is 10.8 Å². The fraction of sp³-hybridized carbons (Fsp3) is 0.588. The number of benzene rings is 1. The molecule has 1 saturated heterocycles. The van der Waals surface area contributed by atoms with E-state index in [1.165, 1.54) is 0 Å². The molecule has 0 spiro atoms. The third kappa shape index (κ3) is 3.95. The van der Waals surface area contributed by atoms with Crippen LogP contribution in [0.5, 0.6) is 0 Å². The molecule has 1 aliphatic heterocycles. The number of carbonyl (C=O) groups excluding carboxylic acids is 1. The van der Waals surface area contributed by atoms with Crippen LogP contribution in [0.2, 0.25) is 0 Å². The topological polar surface area (TPSA) is 66.5 Å². The van der Waals surface area contributed by atoms with Gasteiger partial charge in [0.15, 0.2) is 0 Å². The number of thioether (sulfide) groups is 1. The molecule has 2 fully saturated rings. The van der Waals surface area contributed by atoms with E-state index in [2.05, 4.69) is 5.32 Å². The molecule has 0 bridgehead atoms. The Labute approximate surface area is 148 Å². The van der Waals surface area contributed by atoms with Crippen LogP contribution in [0, 0.1) is 5.92 Å². The monoisotopic (exact) mass is 368 g/mol. The molecule has 132 valence electrons. The standard InChI is InChI=1S/C17H24N2O3S2/c1-23-16-5-3-2-4-15(16)17(20)18-12-13-8-10-19(11-9-13)24(21,22)14-6-7-14/h2-5,13-14H,6-12H2,1H3,(H,18,20). The zero-order valence-electron chi connectivity index (χ0n) is 13.9. The maximum absolute atomic E-state index is 12.4. The summed E-state index contributed by atoms with van der Waals surface area (Å²) in [6, 6.07) is 7.58. The number of nitrogens with one attached hydrogen (secondary N) is 1. The first kappa shape index (κ1) is 17.8. The Morgan fingerprint density at radius 2 is 1.88 bits per heavy atom. The van der Waals surface area contributed by atoms with Crippen LogP contribution in [0.15, 0.2) is 29.2 Å². The molecule has 1 aliphatic carbocycles. The Balaban J connectivity index is 1.49. The SMILES string of the molecule is CSc1ccccc1C(=O)NCC1CCN(S(=O)(=O)C2CC2)CC1. The smallest absolute Gasteiger partial charge is 0.252 e. The first-order valence-corrected chi connectivity index (χ1v) is 11.2. The minimum Gasteiger partial charge on any atom is -0.352 e. The maximum atomic E-state index is 12.4. The molecular formula is C17H24N2O3S2. The fourth-order valence-corrected chi connectivity index (χ4v) is 5.58. The van der Waals surface area contributed by atoms with E-state index in [-0.39, 0.29) is 11.2 Å². The highest BCUT2D eigenvalue weighted by molar-refractivity contribution is 7.98. The van der Waals surface area contributed by atoms with Gasteiger partial charge in [0.25, 0.3) is 5.91 Å². The Bertz CT molecular complexity index is 694. The maximum Gasteiger partial charge on any atom is 0.252 e. The second-order valence-corrected chi connectivity index (χ2v) is 9.56. The Morgan fingerprint density at radius 1 is 1.21 bits per heavy atom. The molecule has 7 heteroatoms. The molecule has 2 aliphatic rings.